The van der Waals surface area contributed by atoms with Crippen molar-refractivity contribution >= 4 is 11.8 Å². The number of hydrogen-bond acceptors (Lipinski definition) is 5. The molecule has 0 aliphatic carbocycles. The molecule has 1 atom stereocenters. The monoisotopic (exact) mass is 175 g/mol. The molecule has 0 aromatic carbocycles. The average Bonchev–Trinajstić information content (AvgIpc) is 2.03. The van der Waals surface area contributed by atoms with Crippen LogP contribution >= 0.6 is 0 Å². The van der Waals surface area contributed by atoms with Gasteiger partial charge in [0.2, 0.25) is 0 Å². The van der Waals surface area contributed by atoms with Gasteiger partial charge in [-0.05, 0) is 6.54 Å². The minimum atomic E-state index is -1.97. The van der Waals surface area contributed by atoms with Crippen LogP contribution in [0, 0.1) is 0 Å². The molecular formula is C6H13N3O3. The maximum absolute atomic E-state index is 11.1. The quantitative estimate of drug-likeness (QED) is 0.346. The van der Waals surface area contributed by atoms with Crippen LogP contribution in [0.25, 0.3) is 0 Å². The van der Waals surface area contributed by atoms with Gasteiger partial charge < -0.3 is 22.3 Å². The molecule has 0 saturated heterocycles. The number of carboxylic acids is 1. The van der Waals surface area contributed by atoms with Gasteiger partial charge in [-0.25, -0.2) is 4.79 Å². The van der Waals surface area contributed by atoms with E-state index in [-0.39, 0.29) is 13.0 Å². The van der Waals surface area contributed by atoms with Crippen molar-refractivity contribution in [2.24, 2.45) is 17.2 Å². The summed E-state index contributed by atoms with van der Waals surface area (Å²) in [5.41, 5.74) is 13.4. The molecule has 0 aromatic heterocycles. The molecule has 0 heterocycles. The first-order valence-corrected chi connectivity index (χ1v) is 3.44. The summed E-state index contributed by atoms with van der Waals surface area (Å²) in [4.78, 5) is 21.6. The first kappa shape index (κ1) is 11.0. The molecule has 0 aliphatic rings. The topological polar surface area (TPSA) is 132 Å². The average molecular weight is 175 g/mol. The Morgan fingerprint density at radius 3 is 2.08 bits per heavy atom. The minimum Gasteiger partial charge on any atom is -0.479 e. The highest BCUT2D eigenvalue weighted by molar-refractivity contribution is 6.07. The van der Waals surface area contributed by atoms with E-state index in [0.717, 1.165) is 0 Å². The Morgan fingerprint density at radius 1 is 1.33 bits per heavy atom. The molecule has 0 bridgehead atoms. The molecule has 70 valence electrons. The molecule has 0 fully saturated rings. The van der Waals surface area contributed by atoms with Crippen molar-refractivity contribution in [1.82, 2.24) is 0 Å². The van der Waals surface area contributed by atoms with Crippen LogP contribution < -0.4 is 17.2 Å². The molecule has 0 aliphatic heterocycles. The predicted octanol–water partition coefficient (Wildman–Crippen LogP) is -2.35. The van der Waals surface area contributed by atoms with Crippen LogP contribution in [0.2, 0.25) is 0 Å². The summed E-state index contributed by atoms with van der Waals surface area (Å²) in [5, 5.41) is 8.56. The fraction of sp³-hybridized carbons (Fsp3) is 0.667. The van der Waals surface area contributed by atoms with Crippen LogP contribution in [0.4, 0.5) is 0 Å². The molecule has 6 heteroatoms. The van der Waals surface area contributed by atoms with E-state index < -0.39 is 23.8 Å². The summed E-state index contributed by atoms with van der Waals surface area (Å²) >= 11 is 0. The lowest BCUT2D eigenvalue weighted by atomic mass is 9.93. The van der Waals surface area contributed by atoms with Crippen molar-refractivity contribution in [3.63, 3.8) is 0 Å². The van der Waals surface area contributed by atoms with Crippen LogP contribution in [0.1, 0.15) is 6.42 Å². The molecule has 12 heavy (non-hydrogen) atoms. The van der Waals surface area contributed by atoms with E-state index in [1.54, 1.807) is 0 Å². The van der Waals surface area contributed by atoms with Gasteiger partial charge in [0.05, 0.1) is 0 Å². The Bertz CT molecular complexity index is 194. The van der Waals surface area contributed by atoms with Crippen molar-refractivity contribution in [3.8, 4) is 0 Å². The Hall–Kier alpha value is -0.980. The number of carbonyl (C=O) groups excluding carboxylic acids is 1. The first-order valence-electron chi connectivity index (χ1n) is 3.44. The van der Waals surface area contributed by atoms with Gasteiger partial charge in [-0.2, -0.15) is 0 Å². The number of hydrogen-bond donors (Lipinski definition) is 4. The van der Waals surface area contributed by atoms with Crippen molar-refractivity contribution in [2.75, 3.05) is 13.1 Å². The highest BCUT2D eigenvalue weighted by Gasteiger charge is 2.39. The Labute approximate surface area is 69.7 Å². The lowest BCUT2D eigenvalue weighted by Gasteiger charge is -2.20. The highest BCUT2D eigenvalue weighted by atomic mass is 16.4. The zero-order valence-corrected chi connectivity index (χ0v) is 6.62. The number of Topliss-reactive ketones (excluding diaryl/α,β-unsaturated/α-hetero) is 1. The molecule has 1 unspecified atom stereocenters. The first-order chi connectivity index (χ1) is 5.49. The molecular weight excluding hydrogens is 162 g/mol. The maximum Gasteiger partial charge on any atom is 0.332 e. The number of aliphatic carboxylic acids is 1. The largest absolute Gasteiger partial charge is 0.479 e. The smallest absolute Gasteiger partial charge is 0.332 e. The summed E-state index contributed by atoms with van der Waals surface area (Å²) < 4.78 is 0. The van der Waals surface area contributed by atoms with Gasteiger partial charge >= 0.3 is 5.97 Å². The second-order valence-electron chi connectivity index (χ2n) is 2.44. The molecule has 0 radical (unpaired) electrons. The number of rotatable bonds is 5. The number of nitrogens with two attached hydrogens (primary N) is 3. The van der Waals surface area contributed by atoms with Gasteiger partial charge in [-0.3, -0.25) is 4.79 Å². The summed E-state index contributed by atoms with van der Waals surface area (Å²) in [6, 6.07) is 0. The van der Waals surface area contributed by atoms with Crippen molar-refractivity contribution < 1.29 is 14.7 Å². The summed E-state index contributed by atoms with van der Waals surface area (Å²) in [6.07, 6.45) is -0.0694. The van der Waals surface area contributed by atoms with Crippen LogP contribution in [0.5, 0.6) is 0 Å². The van der Waals surface area contributed by atoms with E-state index in [2.05, 4.69) is 0 Å². The van der Waals surface area contributed by atoms with Crippen molar-refractivity contribution in [2.45, 2.75) is 12.0 Å². The van der Waals surface area contributed by atoms with Gasteiger partial charge in [-0.15, -0.1) is 0 Å². The molecule has 0 rings (SSSR count). The van der Waals surface area contributed by atoms with Crippen LogP contribution in [0.3, 0.4) is 0 Å². The molecule has 7 N–H and O–H groups in total. The summed E-state index contributed by atoms with van der Waals surface area (Å²) in [6.45, 7) is -0.341. The van der Waals surface area contributed by atoms with E-state index in [9.17, 15) is 9.59 Å². The number of ketones is 1. The summed E-state index contributed by atoms with van der Waals surface area (Å²) in [5.74, 6) is -2.05. The van der Waals surface area contributed by atoms with E-state index in [1.165, 1.54) is 0 Å². The fourth-order valence-corrected chi connectivity index (χ4v) is 0.675. The van der Waals surface area contributed by atoms with E-state index in [0.29, 0.717) is 0 Å². The lowest BCUT2D eigenvalue weighted by molar-refractivity contribution is -0.147. The Balaban J connectivity index is 4.52. The third-order valence-corrected chi connectivity index (χ3v) is 1.57. The van der Waals surface area contributed by atoms with Gasteiger partial charge in [0.1, 0.15) is 0 Å². The predicted molar refractivity (Wildman–Crippen MR) is 42.3 cm³/mol. The number of carbonyl (C=O) groups is 2. The van der Waals surface area contributed by atoms with E-state index >= 15 is 0 Å². The molecule has 0 amide bonds. The normalized spacial score (nSPS) is 15.2. The Morgan fingerprint density at radius 2 is 1.83 bits per heavy atom. The summed E-state index contributed by atoms with van der Waals surface area (Å²) in [7, 11) is 0. The standard InChI is InChI=1S/C6H13N3O3/c7-2-1-4(10)6(9,3-8)5(11)12/h1-3,7-9H2,(H,11,12). The Kier molecular flexibility index (Phi) is 3.81. The van der Waals surface area contributed by atoms with Gasteiger partial charge in [0, 0.05) is 13.0 Å². The molecule has 0 aromatic rings. The minimum absolute atomic E-state index is 0.0694. The van der Waals surface area contributed by atoms with Crippen LogP contribution in [-0.4, -0.2) is 35.5 Å². The van der Waals surface area contributed by atoms with Crippen molar-refractivity contribution in [1.29, 1.82) is 0 Å². The number of carboxylic acid groups (broad SMARTS) is 1. The second-order valence-corrected chi connectivity index (χ2v) is 2.44. The SMILES string of the molecule is NCCC(=O)C(N)(CN)C(=O)O. The van der Waals surface area contributed by atoms with Crippen LogP contribution in [0.15, 0.2) is 0 Å². The fourth-order valence-electron chi connectivity index (χ4n) is 0.675. The second kappa shape index (κ2) is 4.15. The third kappa shape index (κ3) is 2.00. The van der Waals surface area contributed by atoms with E-state index in [4.69, 9.17) is 22.3 Å². The van der Waals surface area contributed by atoms with Gasteiger partial charge in [0.25, 0.3) is 0 Å². The van der Waals surface area contributed by atoms with Crippen molar-refractivity contribution in [3.05, 3.63) is 0 Å². The molecule has 0 spiro atoms. The van der Waals surface area contributed by atoms with Gasteiger partial charge in [-0.1, -0.05) is 0 Å². The van der Waals surface area contributed by atoms with E-state index in [1.807, 2.05) is 0 Å². The van der Waals surface area contributed by atoms with Crippen LogP contribution in [-0.2, 0) is 9.59 Å². The zero-order chi connectivity index (χ0) is 9.78. The maximum atomic E-state index is 11.1. The van der Waals surface area contributed by atoms with Gasteiger partial charge in [0.15, 0.2) is 11.3 Å². The highest BCUT2D eigenvalue weighted by Crippen LogP contribution is 2.02. The lowest BCUT2D eigenvalue weighted by Crippen LogP contribution is -2.60. The molecule has 0 saturated carbocycles. The third-order valence-electron chi connectivity index (χ3n) is 1.57. The zero-order valence-electron chi connectivity index (χ0n) is 6.62. The molecule has 6 nitrogen and oxygen atoms in total.